The topological polar surface area (TPSA) is 297 Å². The van der Waals surface area contributed by atoms with Gasteiger partial charge in [-0.2, -0.15) is 0 Å². The van der Waals surface area contributed by atoms with E-state index in [0.29, 0.717) is 0 Å². The van der Waals surface area contributed by atoms with E-state index >= 15 is 0 Å². The summed E-state index contributed by atoms with van der Waals surface area (Å²) >= 11 is 0. The molecular formula is C44H68O16Zr. The van der Waals surface area contributed by atoms with Gasteiger partial charge in [0.1, 0.15) is 23.1 Å². The molecule has 16 nitrogen and oxygen atoms in total. The fourth-order valence-corrected chi connectivity index (χ4v) is 2.98. The van der Waals surface area contributed by atoms with Crippen molar-refractivity contribution in [1.29, 1.82) is 0 Å². The summed E-state index contributed by atoms with van der Waals surface area (Å²) in [7, 11) is 0. The molecule has 0 aromatic carbocycles. The minimum Gasteiger partial charge on any atom is -0.549 e. The van der Waals surface area contributed by atoms with E-state index in [1.807, 2.05) is 0 Å². The minimum atomic E-state index is -1.60. The van der Waals surface area contributed by atoms with Gasteiger partial charge in [0.25, 0.3) is 0 Å². The molecule has 344 valence electrons. The Morgan fingerprint density at radius 1 is 0.246 bits per heavy atom. The average Bonchev–Trinajstić information content (AvgIpc) is 3.03. The van der Waals surface area contributed by atoms with Crippen LogP contribution in [0.25, 0.3) is 0 Å². The SMILES string of the molecule is CC(C)(C)C(=O)CC(=O)C(C)(C)C(=O)[O-].CC(C)(C)C(=O)CC(=O)C(C)(C)C(=O)[O-].CC(C)(C)C(=O)CC(=O)C(C)(C)C(=O)[O-].CC(C)(C)C(=O)CC(=O)C(C)(C)C(=O)[O-].[Zr+4]. The third-order valence-electron chi connectivity index (χ3n) is 9.46. The first-order valence-electron chi connectivity index (χ1n) is 19.1. The van der Waals surface area contributed by atoms with Crippen molar-refractivity contribution in [3.63, 3.8) is 0 Å². The second kappa shape index (κ2) is 24.1. The number of Topliss-reactive ketones (excluding diaryl/α,β-unsaturated/α-hetero) is 8. The Balaban J connectivity index is -0.000000227. The Morgan fingerprint density at radius 3 is 0.410 bits per heavy atom. The molecule has 0 unspecified atom stereocenters. The van der Waals surface area contributed by atoms with E-state index in [1.165, 1.54) is 55.4 Å². The van der Waals surface area contributed by atoms with Gasteiger partial charge in [-0.15, -0.1) is 0 Å². The van der Waals surface area contributed by atoms with Crippen LogP contribution in [0.2, 0.25) is 0 Å². The van der Waals surface area contributed by atoms with Gasteiger partial charge in [0.05, 0.1) is 71.2 Å². The van der Waals surface area contributed by atoms with E-state index < -0.39 is 90.3 Å². The number of rotatable bonds is 16. The molecule has 0 heterocycles. The maximum Gasteiger partial charge on any atom is 4.00 e. The zero-order valence-electron chi connectivity index (χ0n) is 39.9. The van der Waals surface area contributed by atoms with Gasteiger partial charge in [-0.3, -0.25) is 38.4 Å². The number of hydrogen-bond donors (Lipinski definition) is 0. The first kappa shape index (κ1) is 66.2. The van der Waals surface area contributed by atoms with E-state index in [2.05, 4.69) is 0 Å². The van der Waals surface area contributed by atoms with Crippen molar-refractivity contribution < 1.29 is 104 Å². The summed E-state index contributed by atoms with van der Waals surface area (Å²) in [5.74, 6) is -9.28. The normalized spacial score (nSPS) is 12.1. The van der Waals surface area contributed by atoms with E-state index in [9.17, 15) is 78.0 Å². The third-order valence-corrected chi connectivity index (χ3v) is 9.46. The molecule has 0 bridgehead atoms. The van der Waals surface area contributed by atoms with Gasteiger partial charge in [0.15, 0.2) is 23.1 Å². The summed E-state index contributed by atoms with van der Waals surface area (Å²) in [5.41, 5.74) is -8.89. The number of carboxylic acids is 4. The third kappa shape index (κ3) is 23.2. The summed E-state index contributed by atoms with van der Waals surface area (Å²) in [6.45, 7) is 30.3. The number of aliphatic carboxylic acids is 4. The van der Waals surface area contributed by atoms with Gasteiger partial charge in [-0.05, 0) is 55.4 Å². The molecule has 0 aromatic heterocycles. The van der Waals surface area contributed by atoms with Crippen LogP contribution in [0.3, 0.4) is 0 Å². The number of carboxylic acid groups (broad SMARTS) is 4. The minimum absolute atomic E-state index is 0. The molecule has 0 aliphatic carbocycles. The molecule has 0 radical (unpaired) electrons. The molecule has 0 spiro atoms. The van der Waals surface area contributed by atoms with Crippen LogP contribution in [0.1, 0.15) is 164 Å². The Labute approximate surface area is 380 Å². The van der Waals surface area contributed by atoms with Crippen molar-refractivity contribution in [2.45, 2.75) is 164 Å². The molecule has 61 heavy (non-hydrogen) atoms. The second-order valence-electron chi connectivity index (χ2n) is 20.7. The summed E-state index contributed by atoms with van der Waals surface area (Å²) in [5, 5.41) is 42.6. The van der Waals surface area contributed by atoms with Gasteiger partial charge in [-0.25, -0.2) is 0 Å². The van der Waals surface area contributed by atoms with Gasteiger partial charge < -0.3 is 39.6 Å². The van der Waals surface area contributed by atoms with E-state index in [4.69, 9.17) is 0 Å². The van der Waals surface area contributed by atoms with Crippen molar-refractivity contribution in [3.8, 4) is 0 Å². The van der Waals surface area contributed by atoms with Crippen LogP contribution in [0, 0.1) is 43.3 Å². The van der Waals surface area contributed by atoms with E-state index in [-0.39, 0.29) is 75.0 Å². The molecule has 0 saturated heterocycles. The van der Waals surface area contributed by atoms with Crippen LogP contribution in [-0.2, 0) is 83.7 Å². The molecule has 0 atom stereocenters. The van der Waals surface area contributed by atoms with Crippen LogP contribution in [0.5, 0.6) is 0 Å². The van der Waals surface area contributed by atoms with Crippen LogP contribution in [-0.4, -0.2) is 70.1 Å². The molecular weight excluding hydrogens is 876 g/mol. The maximum absolute atomic E-state index is 11.5. The Bertz CT molecular complexity index is 1430. The first-order chi connectivity index (χ1) is 26.0. The number of carbonyl (C=O) groups excluding carboxylic acids is 12. The Morgan fingerprint density at radius 2 is 0.344 bits per heavy atom. The standard InChI is InChI=1S/4C11H18O4.Zr/c4*1-10(2,3)7(12)6-8(13)11(4,5)9(14)15;/h4*6H2,1-5H3,(H,14,15);/q;;;;+4/p-4. The van der Waals surface area contributed by atoms with Crippen LogP contribution >= 0.6 is 0 Å². The zero-order chi connectivity index (χ0) is 49.8. The van der Waals surface area contributed by atoms with E-state index in [0.717, 1.165) is 0 Å². The fraction of sp³-hybridized carbons (Fsp3) is 0.727. The quantitative estimate of drug-likeness (QED) is 0.197. The van der Waals surface area contributed by atoms with Crippen LogP contribution in [0.4, 0.5) is 0 Å². The average molecular weight is 944 g/mol. The van der Waals surface area contributed by atoms with Gasteiger partial charge >= 0.3 is 26.2 Å². The van der Waals surface area contributed by atoms with Crippen molar-refractivity contribution in [2.24, 2.45) is 43.3 Å². The predicted molar refractivity (Wildman–Crippen MR) is 211 cm³/mol. The molecule has 0 aromatic rings. The zero-order valence-corrected chi connectivity index (χ0v) is 42.3. The van der Waals surface area contributed by atoms with E-state index in [1.54, 1.807) is 83.1 Å². The number of ketones is 8. The molecule has 0 fully saturated rings. The van der Waals surface area contributed by atoms with Crippen molar-refractivity contribution in [2.75, 3.05) is 0 Å². The molecule has 17 heteroatoms. The molecule has 0 saturated carbocycles. The van der Waals surface area contributed by atoms with Gasteiger partial charge in [-0.1, -0.05) is 83.1 Å². The monoisotopic (exact) mass is 942 g/mol. The molecule has 0 N–H and O–H groups in total. The largest absolute Gasteiger partial charge is 4.00 e. The van der Waals surface area contributed by atoms with Crippen molar-refractivity contribution in [1.82, 2.24) is 0 Å². The Hall–Kier alpha value is -3.88. The van der Waals surface area contributed by atoms with Crippen LogP contribution < -0.4 is 20.4 Å². The molecule has 0 amide bonds. The van der Waals surface area contributed by atoms with Crippen LogP contribution in [0.15, 0.2) is 0 Å². The smallest absolute Gasteiger partial charge is 0.549 e. The van der Waals surface area contributed by atoms with Gasteiger partial charge in [0.2, 0.25) is 0 Å². The molecule has 0 aliphatic rings. The first-order valence-corrected chi connectivity index (χ1v) is 19.1. The molecule has 0 rings (SSSR count). The number of hydrogen-bond acceptors (Lipinski definition) is 16. The summed E-state index contributed by atoms with van der Waals surface area (Å²) in [4.78, 5) is 135. The Kier molecular flexibility index (Phi) is 26.2. The summed E-state index contributed by atoms with van der Waals surface area (Å²) < 4.78 is 0. The molecule has 0 aliphatic heterocycles. The van der Waals surface area contributed by atoms with Crippen molar-refractivity contribution in [3.05, 3.63) is 0 Å². The maximum atomic E-state index is 11.5. The second-order valence-corrected chi connectivity index (χ2v) is 20.7. The fourth-order valence-electron chi connectivity index (χ4n) is 2.98. The predicted octanol–water partition coefficient (Wildman–Crippen LogP) is 1.35. The number of carbonyl (C=O) groups is 12. The summed E-state index contributed by atoms with van der Waals surface area (Å²) in [6, 6.07) is 0. The summed E-state index contributed by atoms with van der Waals surface area (Å²) in [6.07, 6.45) is -1.43. The van der Waals surface area contributed by atoms with Crippen molar-refractivity contribution >= 4 is 70.1 Å². The van der Waals surface area contributed by atoms with Gasteiger partial charge in [0, 0.05) is 21.7 Å².